The van der Waals surface area contributed by atoms with Crippen molar-refractivity contribution in [2.75, 3.05) is 101 Å². The van der Waals surface area contributed by atoms with Crippen LogP contribution >= 0.6 is 0 Å². The van der Waals surface area contributed by atoms with Gasteiger partial charge in [-0.15, -0.1) is 13.2 Å². The average molecular weight is 1680 g/mol. The lowest BCUT2D eigenvalue weighted by Gasteiger charge is -2.23. The minimum Gasteiger partial charge on any atom is -0.382 e. The van der Waals surface area contributed by atoms with Crippen LogP contribution in [0.25, 0.3) is 0 Å². The van der Waals surface area contributed by atoms with Crippen LogP contribution < -0.4 is 0 Å². The predicted molar refractivity (Wildman–Crippen MR) is 522 cm³/mol. The van der Waals surface area contributed by atoms with E-state index in [-0.39, 0.29) is 46.5 Å². The van der Waals surface area contributed by atoms with Crippen LogP contribution in [-0.4, -0.2) is 203 Å². The first-order valence-corrected chi connectivity index (χ1v) is 44.7. The molecule has 0 aromatic rings. The summed E-state index contributed by atoms with van der Waals surface area (Å²) < 4.78 is 82.2. The van der Waals surface area contributed by atoms with Crippen LogP contribution in [0.4, 0.5) is 0 Å². The summed E-state index contributed by atoms with van der Waals surface area (Å²) >= 11 is 0. The standard InChI is InChI=1S/C9H18O.C8H16O.C7H16O.6C6H14O.5C5H12O.2C4H10O.C2H4.4CH4/c1-8(2)10-9-6-4-3-5-7-9;1-7(2)9-8-5-3-4-6-8;1-4-6-7(3)8-5-2;2*1-5-7-6(2,3)4;1-4-5-6(2)7-3;3*1-4-6(3)7-5-2;1-5(2,3)6-4;1-4-5(2)6-3;3*1-4-6-5(2)3;1-4(2)5-3;1-3-5-4-2;1-2;;;;/h8-9H,3-7H2,1-2H3;7-8H,3-6H2,1-2H3;7H,4-6H2,1-3H3;2*5H2,1-4H3;4*6H,4-5H2,1-3H3;1-4H3;4*5H,4H2,1-3H3;4H,1-3H3;3-4H2,1-2H3;1-2H2;4*1H4. The Labute approximate surface area is 732 Å². The molecule has 0 radical (unpaired) electrons. The molecule has 6 unspecified atom stereocenters. The molecule has 0 amide bonds. The Morgan fingerprint density at radius 3 is 0.574 bits per heavy atom. The van der Waals surface area contributed by atoms with Gasteiger partial charge in [-0.1, -0.05) is 116 Å². The Kier molecular flexibility index (Phi) is 188. The van der Waals surface area contributed by atoms with E-state index in [2.05, 4.69) is 165 Å². The van der Waals surface area contributed by atoms with E-state index in [1.165, 1.54) is 83.5 Å². The highest BCUT2D eigenvalue weighted by atomic mass is 16.5. The van der Waals surface area contributed by atoms with E-state index in [4.69, 9.17) is 75.8 Å². The number of methoxy groups -OCH3 is 4. The van der Waals surface area contributed by atoms with E-state index in [0.29, 0.717) is 85.5 Å². The Balaban J connectivity index is -0.0000000502. The summed E-state index contributed by atoms with van der Waals surface area (Å²) in [5.41, 5.74) is 0.142. The summed E-state index contributed by atoms with van der Waals surface area (Å²) in [6, 6.07) is 0. The van der Waals surface area contributed by atoms with Crippen LogP contribution in [0.2, 0.25) is 0 Å². The summed E-state index contributed by atoms with van der Waals surface area (Å²) in [5, 5.41) is 0. The zero-order chi connectivity index (χ0) is 90.7. The molecule has 2 aliphatic rings. The van der Waals surface area contributed by atoms with Gasteiger partial charge in [0.25, 0.3) is 0 Å². The van der Waals surface area contributed by atoms with Crippen molar-refractivity contribution in [1.82, 2.24) is 0 Å². The Morgan fingerprint density at radius 1 is 0.261 bits per heavy atom. The van der Waals surface area contributed by atoms with E-state index in [9.17, 15) is 0 Å². The molecule has 6 atom stereocenters. The maximum absolute atomic E-state index is 5.69. The number of hydrogen-bond acceptors (Lipinski definition) is 16. The first-order chi connectivity index (χ1) is 51.6. The highest BCUT2D eigenvalue weighted by molar-refractivity contribution is 4.68. The van der Waals surface area contributed by atoms with Crippen LogP contribution in [0.1, 0.15) is 444 Å². The van der Waals surface area contributed by atoms with Crippen molar-refractivity contribution < 1.29 is 75.8 Å². The van der Waals surface area contributed by atoms with Gasteiger partial charge in [0.1, 0.15) is 0 Å². The third kappa shape index (κ3) is 241. The molecular formula is C99H234O16. The maximum Gasteiger partial charge on any atom is 0.0598 e. The van der Waals surface area contributed by atoms with E-state index in [1.54, 1.807) is 28.4 Å². The van der Waals surface area contributed by atoms with Crippen molar-refractivity contribution in [2.24, 2.45) is 0 Å². The van der Waals surface area contributed by atoms with Crippen molar-refractivity contribution in [2.45, 2.75) is 546 Å². The highest BCUT2D eigenvalue weighted by Gasteiger charge is 2.16. The fourth-order valence-electron chi connectivity index (χ4n) is 7.74. The molecule has 0 aromatic carbocycles. The van der Waals surface area contributed by atoms with Crippen molar-refractivity contribution in [3.05, 3.63) is 13.2 Å². The van der Waals surface area contributed by atoms with Gasteiger partial charge in [0.15, 0.2) is 0 Å². The van der Waals surface area contributed by atoms with Gasteiger partial charge in [-0.3, -0.25) is 0 Å². The molecule has 0 aromatic heterocycles. The van der Waals surface area contributed by atoms with E-state index in [0.717, 1.165) is 98.4 Å². The lowest BCUT2D eigenvalue weighted by Crippen LogP contribution is -2.20. The van der Waals surface area contributed by atoms with Crippen LogP contribution in [0.5, 0.6) is 0 Å². The Morgan fingerprint density at radius 2 is 0.478 bits per heavy atom. The van der Waals surface area contributed by atoms with Crippen molar-refractivity contribution >= 4 is 0 Å². The molecule has 2 rings (SSSR count). The quantitative estimate of drug-likeness (QED) is 0.0573. The molecule has 0 spiro atoms. The fraction of sp³-hybridized carbons (Fsp3) is 0.980. The maximum atomic E-state index is 5.69. The van der Waals surface area contributed by atoms with Gasteiger partial charge < -0.3 is 75.8 Å². The molecule has 0 bridgehead atoms. The van der Waals surface area contributed by atoms with Gasteiger partial charge in [-0.05, 0) is 327 Å². The SMILES string of the molecule is C.C.C.C.C=C.CC(C)OC1CCCC1.CC(C)OC1CCCCC1.CCC(C)OC.CCCC(C)OC.CCCC(C)OCC.CCOC(C)(C)C.CCOC(C)(C)C.CCOC(C)C.CCOC(C)C.CCOC(C)C.CCOC(C)CC.CCOC(C)CC.CCOC(C)CC.CCOCC.COC(C)(C)C.COC(C)C. The second-order valence-corrected chi connectivity index (χ2v) is 30.9. The lowest BCUT2D eigenvalue weighted by molar-refractivity contribution is -0.0118. The van der Waals surface area contributed by atoms with Gasteiger partial charge in [0, 0.05) is 101 Å². The summed E-state index contributed by atoms with van der Waals surface area (Å²) in [4.78, 5) is 0. The van der Waals surface area contributed by atoms with Crippen molar-refractivity contribution in [1.29, 1.82) is 0 Å². The minimum atomic E-state index is 0. The molecule has 0 saturated heterocycles. The summed E-state index contributed by atoms with van der Waals surface area (Å²) in [6.45, 7) is 106. The van der Waals surface area contributed by atoms with Gasteiger partial charge in [-0.25, -0.2) is 0 Å². The van der Waals surface area contributed by atoms with E-state index >= 15 is 0 Å². The molecular weight excluding hydrogens is 1450 g/mol. The predicted octanol–water partition coefficient (Wildman–Crippen LogP) is 30.8. The highest BCUT2D eigenvalue weighted by Crippen LogP contribution is 2.22. The largest absolute Gasteiger partial charge is 0.382 e. The summed E-state index contributed by atoms with van der Waals surface area (Å²) in [6.07, 6.45) is 27.6. The molecule has 0 aliphatic heterocycles. The molecule has 2 fully saturated rings. The normalized spacial score (nSPS) is 13.2. The average Bonchev–Trinajstić information content (AvgIpc) is 1.94. The summed E-state index contributed by atoms with van der Waals surface area (Å²) in [5.74, 6) is 0. The van der Waals surface area contributed by atoms with Crippen LogP contribution in [-0.2, 0) is 75.8 Å². The first-order valence-electron chi connectivity index (χ1n) is 44.7. The van der Waals surface area contributed by atoms with Crippen LogP contribution in [0.15, 0.2) is 13.2 Å². The lowest BCUT2D eigenvalue weighted by atomic mass is 9.98. The molecule has 0 N–H and O–H groups in total. The second-order valence-electron chi connectivity index (χ2n) is 30.9. The Hall–Kier alpha value is -0.900. The van der Waals surface area contributed by atoms with E-state index in [1.807, 2.05) is 152 Å². The van der Waals surface area contributed by atoms with Crippen LogP contribution in [0, 0.1) is 0 Å². The monoisotopic (exact) mass is 1680 g/mol. The summed E-state index contributed by atoms with van der Waals surface area (Å²) in [7, 11) is 6.89. The van der Waals surface area contributed by atoms with Gasteiger partial charge in [0.2, 0.25) is 0 Å². The number of rotatable bonds is 33. The minimum absolute atomic E-state index is 0. The van der Waals surface area contributed by atoms with Crippen molar-refractivity contribution in [3.8, 4) is 0 Å². The molecule has 115 heavy (non-hydrogen) atoms. The molecule has 726 valence electrons. The van der Waals surface area contributed by atoms with Gasteiger partial charge >= 0.3 is 0 Å². The number of hydrogen-bond donors (Lipinski definition) is 0. The molecule has 16 nitrogen and oxygen atoms in total. The molecule has 16 heteroatoms. The third-order valence-electron chi connectivity index (χ3n) is 14.2. The van der Waals surface area contributed by atoms with Gasteiger partial charge in [-0.2, -0.15) is 0 Å². The zero-order valence-electron chi connectivity index (χ0n) is 85.3. The zero-order valence-corrected chi connectivity index (χ0v) is 85.3. The first kappa shape index (κ1) is 161. The van der Waals surface area contributed by atoms with Crippen molar-refractivity contribution in [3.63, 3.8) is 0 Å². The fourth-order valence-corrected chi connectivity index (χ4v) is 7.74. The third-order valence-corrected chi connectivity index (χ3v) is 14.2. The van der Waals surface area contributed by atoms with E-state index < -0.39 is 0 Å². The molecule has 2 saturated carbocycles. The number of ether oxygens (including phenoxy) is 16. The smallest absolute Gasteiger partial charge is 0.0598 e. The van der Waals surface area contributed by atoms with Crippen LogP contribution in [0.3, 0.4) is 0 Å². The van der Waals surface area contributed by atoms with Gasteiger partial charge in [0.05, 0.1) is 102 Å². The topological polar surface area (TPSA) is 148 Å². The molecule has 2 aliphatic carbocycles. The Bertz CT molecular complexity index is 1320. The molecule has 0 heterocycles. The second kappa shape index (κ2) is 134.